The third-order valence-corrected chi connectivity index (χ3v) is 16.7. The van der Waals surface area contributed by atoms with Gasteiger partial charge in [-0.25, -0.2) is 4.52 Å². The molecule has 0 aliphatic rings. The molecule has 0 atom stereocenters. The van der Waals surface area contributed by atoms with Crippen LogP contribution in [0.3, 0.4) is 0 Å². The van der Waals surface area contributed by atoms with E-state index in [4.69, 9.17) is 8.83 Å². The second-order valence-corrected chi connectivity index (χ2v) is 20.6. The second-order valence-electron chi connectivity index (χ2n) is 20.6. The first kappa shape index (κ1) is 41.6. The lowest BCUT2D eigenvalue weighted by molar-refractivity contribution is 0.672. The highest BCUT2D eigenvalue weighted by Crippen LogP contribution is 2.48. The summed E-state index contributed by atoms with van der Waals surface area (Å²) in [6.07, 6.45) is 0. The van der Waals surface area contributed by atoms with E-state index in [2.05, 4.69) is 185 Å². The molecule has 0 saturated carbocycles. The SMILES string of the molecule is O=c1c2ccccc2n2c3c(c(=O)n12)c1c2ccccc2n(-c2ccc(-c4cc5ccccc5c5oc6ccccc6c45)cc2)c1c1c3c2ccccc2n1-c1ccc(-c2cc3ccccc3c3oc4ccccc4c23)cc1. The highest BCUT2D eigenvalue weighted by atomic mass is 16.3. The second kappa shape index (κ2) is 15.0. The molecule has 78 heavy (non-hydrogen) atoms. The Kier molecular flexibility index (Phi) is 8.00. The topological polar surface area (TPSA) is 79.1 Å². The summed E-state index contributed by atoms with van der Waals surface area (Å²) >= 11 is 0. The van der Waals surface area contributed by atoms with Crippen molar-refractivity contribution in [1.82, 2.24) is 18.2 Å². The van der Waals surface area contributed by atoms with E-state index in [-0.39, 0.29) is 11.1 Å². The lowest BCUT2D eigenvalue weighted by Gasteiger charge is -2.15. The average Bonchev–Trinajstić information content (AvgIpc) is 3.55. The molecule has 12 aromatic carbocycles. The molecule has 0 saturated heterocycles. The zero-order valence-corrected chi connectivity index (χ0v) is 41.4. The zero-order chi connectivity index (χ0) is 51.1. The highest BCUT2D eigenvalue weighted by molar-refractivity contribution is 6.36. The molecular weight excluding hydrogens is 961 g/mol. The Morgan fingerprint density at radius 2 is 0.705 bits per heavy atom. The standard InChI is InChI=1S/C70H38N4O4/c75-69-49-21-7-12-26-56(49)73-64-62-48-20-6-11-25-55(48)72(44-35-31-40(32-36-44)53-38-42-16-2-4-18-46(42)68-60(53)51-23-9-14-28-58(51)78-68)66(62)65-61(63(64)70(76)74(69)73)47-19-5-10-24-54(47)71(65)43-33-29-39(30-34-43)52-37-41-15-1-3-17-45(41)67-59(52)50-22-8-13-27-57(50)77-67/h1-38H. The number of aromatic nitrogens is 4. The number of hydrogen-bond acceptors (Lipinski definition) is 4. The molecule has 6 aromatic heterocycles. The van der Waals surface area contributed by atoms with Crippen molar-refractivity contribution in [1.29, 1.82) is 0 Å². The normalized spacial score (nSPS) is 12.5. The minimum Gasteiger partial charge on any atom is -0.455 e. The highest BCUT2D eigenvalue weighted by Gasteiger charge is 2.31. The van der Waals surface area contributed by atoms with Gasteiger partial charge in [0.1, 0.15) is 22.3 Å². The molecule has 18 rings (SSSR count). The van der Waals surface area contributed by atoms with Crippen LogP contribution in [0.5, 0.6) is 0 Å². The fourth-order valence-electron chi connectivity index (χ4n) is 13.4. The largest absolute Gasteiger partial charge is 0.455 e. The number of benzene rings is 12. The summed E-state index contributed by atoms with van der Waals surface area (Å²) in [4.78, 5) is 30.1. The Labute approximate surface area is 440 Å². The summed E-state index contributed by atoms with van der Waals surface area (Å²) in [6.45, 7) is 0. The van der Waals surface area contributed by atoms with Crippen molar-refractivity contribution in [2.45, 2.75) is 0 Å². The van der Waals surface area contributed by atoms with Gasteiger partial charge in [0.05, 0.1) is 43.9 Å². The molecule has 8 nitrogen and oxygen atoms in total. The van der Waals surface area contributed by atoms with Gasteiger partial charge < -0.3 is 18.0 Å². The van der Waals surface area contributed by atoms with Gasteiger partial charge in [-0.2, -0.15) is 4.52 Å². The number of rotatable bonds is 4. The van der Waals surface area contributed by atoms with Crippen LogP contribution >= 0.6 is 0 Å². The number of nitrogens with zero attached hydrogens (tertiary/aromatic N) is 4. The minimum absolute atomic E-state index is 0.340. The minimum atomic E-state index is -0.348. The van der Waals surface area contributed by atoms with Gasteiger partial charge in [-0.15, -0.1) is 0 Å². The average molecular weight is 999 g/mol. The monoisotopic (exact) mass is 998 g/mol. The Morgan fingerprint density at radius 1 is 0.295 bits per heavy atom. The first-order valence-corrected chi connectivity index (χ1v) is 26.2. The summed E-state index contributed by atoms with van der Waals surface area (Å²) in [5, 5.41) is 13.2. The summed E-state index contributed by atoms with van der Waals surface area (Å²) in [5.41, 5.74) is 14.0. The maximum Gasteiger partial charge on any atom is 0.283 e. The van der Waals surface area contributed by atoms with Gasteiger partial charge in [0, 0.05) is 65.2 Å². The molecule has 0 amide bonds. The van der Waals surface area contributed by atoms with Crippen LogP contribution in [0.25, 0.3) is 164 Å². The third kappa shape index (κ3) is 5.27. The molecule has 0 aliphatic heterocycles. The number of fused-ring (bicyclic) bond motifs is 24. The van der Waals surface area contributed by atoms with Gasteiger partial charge in [0.15, 0.2) is 0 Å². The van der Waals surface area contributed by atoms with Crippen molar-refractivity contribution in [3.8, 4) is 33.6 Å². The fraction of sp³-hybridized carbons (Fsp3) is 0. The molecule has 0 radical (unpaired) electrons. The predicted molar refractivity (Wildman–Crippen MR) is 319 cm³/mol. The molecule has 362 valence electrons. The fourth-order valence-corrected chi connectivity index (χ4v) is 13.4. The van der Waals surface area contributed by atoms with Crippen molar-refractivity contribution in [3.63, 3.8) is 0 Å². The molecule has 0 unspecified atom stereocenters. The Morgan fingerprint density at radius 3 is 1.23 bits per heavy atom. The van der Waals surface area contributed by atoms with Crippen LogP contribution in [0.4, 0.5) is 0 Å². The molecule has 0 spiro atoms. The Hall–Kier alpha value is -10.7. The number of para-hydroxylation sites is 5. The van der Waals surface area contributed by atoms with Crippen molar-refractivity contribution in [2.75, 3.05) is 0 Å². The van der Waals surface area contributed by atoms with E-state index in [1.54, 1.807) is 0 Å². The summed E-state index contributed by atoms with van der Waals surface area (Å²) in [6, 6.07) is 79.9. The van der Waals surface area contributed by atoms with Crippen LogP contribution in [0.15, 0.2) is 249 Å². The maximum absolute atomic E-state index is 15.5. The molecular formula is C70H38N4O4. The van der Waals surface area contributed by atoms with Crippen molar-refractivity contribution < 1.29 is 8.83 Å². The van der Waals surface area contributed by atoms with E-state index < -0.39 is 0 Å². The van der Waals surface area contributed by atoms with Gasteiger partial charge in [0.2, 0.25) is 0 Å². The molecule has 8 heteroatoms. The zero-order valence-electron chi connectivity index (χ0n) is 41.4. The van der Waals surface area contributed by atoms with Crippen LogP contribution in [0.2, 0.25) is 0 Å². The van der Waals surface area contributed by atoms with Gasteiger partial charge in [-0.3, -0.25) is 9.59 Å². The van der Waals surface area contributed by atoms with Crippen LogP contribution in [-0.4, -0.2) is 18.2 Å². The predicted octanol–water partition coefficient (Wildman–Crippen LogP) is 17.1. The van der Waals surface area contributed by atoms with E-state index >= 15 is 4.79 Å². The number of furan rings is 2. The molecule has 0 fully saturated rings. The van der Waals surface area contributed by atoms with E-state index in [0.717, 1.165) is 143 Å². The van der Waals surface area contributed by atoms with E-state index in [1.165, 1.54) is 4.52 Å². The van der Waals surface area contributed by atoms with E-state index in [0.29, 0.717) is 21.8 Å². The molecule has 0 bridgehead atoms. The Bertz CT molecular complexity index is 5790. The van der Waals surface area contributed by atoms with Gasteiger partial charge in [0.25, 0.3) is 11.1 Å². The third-order valence-electron chi connectivity index (χ3n) is 16.7. The molecule has 6 heterocycles. The van der Waals surface area contributed by atoms with Crippen molar-refractivity contribution in [3.05, 3.63) is 251 Å². The molecule has 0 aliphatic carbocycles. The number of hydrogen-bond donors (Lipinski definition) is 0. The van der Waals surface area contributed by atoms with E-state index in [9.17, 15) is 4.79 Å². The smallest absolute Gasteiger partial charge is 0.283 e. The van der Waals surface area contributed by atoms with Gasteiger partial charge in [-0.1, -0.05) is 158 Å². The lowest BCUT2D eigenvalue weighted by atomic mass is 9.95. The summed E-state index contributed by atoms with van der Waals surface area (Å²) in [5.74, 6) is 0. The summed E-state index contributed by atoms with van der Waals surface area (Å²) < 4.78 is 21.2. The first-order chi connectivity index (χ1) is 38.6. The van der Waals surface area contributed by atoms with Crippen molar-refractivity contribution in [2.24, 2.45) is 0 Å². The van der Waals surface area contributed by atoms with Crippen LogP contribution in [0.1, 0.15) is 0 Å². The van der Waals surface area contributed by atoms with Gasteiger partial charge in [-0.05, 0) is 106 Å². The van der Waals surface area contributed by atoms with E-state index in [1.807, 2.05) is 59.1 Å². The Balaban J connectivity index is 0.954. The van der Waals surface area contributed by atoms with Crippen LogP contribution in [0, 0.1) is 0 Å². The first-order valence-electron chi connectivity index (χ1n) is 26.2. The summed E-state index contributed by atoms with van der Waals surface area (Å²) in [7, 11) is 0. The molecule has 18 aromatic rings. The quantitative estimate of drug-likeness (QED) is 0.176. The lowest BCUT2D eigenvalue weighted by Crippen LogP contribution is -2.21. The van der Waals surface area contributed by atoms with Crippen molar-refractivity contribution >= 4 is 131 Å². The molecule has 0 N–H and O–H groups in total. The van der Waals surface area contributed by atoms with Gasteiger partial charge >= 0.3 is 0 Å². The van der Waals surface area contributed by atoms with Crippen LogP contribution in [-0.2, 0) is 0 Å². The maximum atomic E-state index is 15.5. The van der Waals surface area contributed by atoms with Crippen LogP contribution < -0.4 is 11.1 Å².